The summed E-state index contributed by atoms with van der Waals surface area (Å²) in [6.45, 7) is 0.577. The second-order valence-corrected chi connectivity index (χ2v) is 8.42. The Labute approximate surface area is 177 Å². The minimum atomic E-state index is -0.605. The van der Waals surface area contributed by atoms with Gasteiger partial charge in [-0.05, 0) is 36.5 Å². The van der Waals surface area contributed by atoms with E-state index in [0.29, 0.717) is 24.4 Å². The van der Waals surface area contributed by atoms with Crippen LogP contribution in [-0.2, 0) is 16.1 Å². The van der Waals surface area contributed by atoms with E-state index in [-0.39, 0.29) is 24.9 Å². The van der Waals surface area contributed by atoms with E-state index < -0.39 is 11.9 Å². The molecule has 1 unspecified atom stereocenters. The molecular formula is C23H24BN3O3. The third kappa shape index (κ3) is 4.12. The van der Waals surface area contributed by atoms with Crippen molar-refractivity contribution in [2.75, 3.05) is 0 Å². The summed E-state index contributed by atoms with van der Waals surface area (Å²) in [5.41, 5.74) is 2.30. The maximum atomic E-state index is 12.9. The van der Waals surface area contributed by atoms with E-state index >= 15 is 0 Å². The average Bonchev–Trinajstić information content (AvgIpc) is 3.09. The van der Waals surface area contributed by atoms with Gasteiger partial charge < -0.3 is 4.90 Å². The van der Waals surface area contributed by atoms with Gasteiger partial charge >= 0.3 is 0 Å². The Morgan fingerprint density at radius 3 is 2.70 bits per heavy atom. The summed E-state index contributed by atoms with van der Waals surface area (Å²) in [6, 6.07) is 4.93. The summed E-state index contributed by atoms with van der Waals surface area (Å²) in [5.74, 6) is 8.66. The van der Waals surface area contributed by atoms with Gasteiger partial charge in [-0.2, -0.15) is 0 Å². The Morgan fingerprint density at radius 1 is 1.17 bits per heavy atom. The summed E-state index contributed by atoms with van der Waals surface area (Å²) < 4.78 is 0. The van der Waals surface area contributed by atoms with Crippen LogP contribution in [0.4, 0.5) is 0 Å². The zero-order valence-electron chi connectivity index (χ0n) is 16.9. The highest BCUT2D eigenvalue weighted by Gasteiger charge is 2.39. The number of rotatable bonds is 3. The van der Waals surface area contributed by atoms with Gasteiger partial charge in [0.15, 0.2) is 0 Å². The Bertz CT molecular complexity index is 980. The zero-order valence-corrected chi connectivity index (χ0v) is 16.9. The van der Waals surface area contributed by atoms with Crippen molar-refractivity contribution in [3.63, 3.8) is 0 Å². The highest BCUT2D eigenvalue weighted by molar-refractivity contribution is 6.67. The minimum Gasteiger partial charge on any atom is -0.322 e. The second-order valence-electron chi connectivity index (χ2n) is 8.42. The first-order chi connectivity index (χ1) is 14.6. The van der Waals surface area contributed by atoms with E-state index in [4.69, 9.17) is 5.26 Å². The first-order valence-corrected chi connectivity index (χ1v) is 10.7. The van der Waals surface area contributed by atoms with E-state index in [2.05, 4.69) is 23.1 Å². The number of nitriles is 1. The summed E-state index contributed by atoms with van der Waals surface area (Å²) in [5, 5.41) is 11.3. The SMILES string of the molecule is N#CB1CCC(CCC#Cc2cccc3c2CN(C2CCC(=O)NC2=O)C3=O)CC1. The molecule has 7 heteroatoms. The van der Waals surface area contributed by atoms with Crippen molar-refractivity contribution in [1.29, 1.82) is 5.26 Å². The molecular weight excluding hydrogens is 377 g/mol. The topological polar surface area (TPSA) is 90.3 Å². The van der Waals surface area contributed by atoms with Gasteiger partial charge in [0.05, 0.1) is 0 Å². The van der Waals surface area contributed by atoms with Crippen LogP contribution in [-0.4, -0.2) is 35.4 Å². The molecule has 0 spiro atoms. The molecule has 1 aromatic rings. The number of hydrogen-bond donors (Lipinski definition) is 1. The number of carbonyl (C=O) groups is 3. The van der Waals surface area contributed by atoms with E-state index in [0.717, 1.165) is 49.5 Å². The molecule has 2 fully saturated rings. The monoisotopic (exact) mass is 401 g/mol. The smallest absolute Gasteiger partial charge is 0.267 e. The molecule has 4 rings (SSSR count). The molecule has 3 aliphatic rings. The number of nitrogens with one attached hydrogen (secondary N) is 1. The lowest BCUT2D eigenvalue weighted by molar-refractivity contribution is -0.136. The summed E-state index contributed by atoms with van der Waals surface area (Å²) in [6.07, 6.45) is 6.67. The van der Waals surface area contributed by atoms with Crippen molar-refractivity contribution < 1.29 is 14.4 Å². The zero-order chi connectivity index (χ0) is 21.1. The van der Waals surface area contributed by atoms with Crippen molar-refractivity contribution in [2.45, 2.75) is 63.8 Å². The summed E-state index contributed by atoms with van der Waals surface area (Å²) in [7, 11) is 0. The highest BCUT2D eigenvalue weighted by Crippen LogP contribution is 2.30. The number of benzene rings is 1. The number of hydrogen-bond acceptors (Lipinski definition) is 4. The van der Waals surface area contributed by atoms with Gasteiger partial charge in [0, 0.05) is 36.5 Å². The van der Waals surface area contributed by atoms with Crippen molar-refractivity contribution in [2.24, 2.45) is 5.92 Å². The molecule has 0 saturated carbocycles. The molecule has 3 aliphatic heterocycles. The van der Waals surface area contributed by atoms with Gasteiger partial charge in [-0.3, -0.25) is 19.7 Å². The Kier molecular flexibility index (Phi) is 5.90. The fourth-order valence-corrected chi connectivity index (χ4v) is 4.72. The molecule has 0 bridgehead atoms. The van der Waals surface area contributed by atoms with Crippen molar-refractivity contribution >= 4 is 24.4 Å². The van der Waals surface area contributed by atoms with E-state index in [1.165, 1.54) is 0 Å². The number of piperidine rings is 1. The van der Waals surface area contributed by atoms with Gasteiger partial charge in [-0.15, -0.1) is 0 Å². The number of amides is 3. The maximum absolute atomic E-state index is 12.9. The molecule has 1 N–H and O–H groups in total. The number of nitrogens with zero attached hydrogens (tertiary/aromatic N) is 2. The lowest BCUT2D eigenvalue weighted by atomic mass is 9.41. The van der Waals surface area contributed by atoms with Gasteiger partial charge in [-0.25, -0.2) is 5.26 Å². The number of carbonyl (C=O) groups excluding carboxylic acids is 3. The highest BCUT2D eigenvalue weighted by atomic mass is 16.2. The third-order valence-corrected chi connectivity index (χ3v) is 6.51. The predicted molar refractivity (Wildman–Crippen MR) is 112 cm³/mol. The summed E-state index contributed by atoms with van der Waals surface area (Å²) in [4.78, 5) is 38.0. The third-order valence-electron chi connectivity index (χ3n) is 6.51. The predicted octanol–water partition coefficient (Wildman–Crippen LogP) is 2.55. The number of imide groups is 1. The Hall–Kier alpha value is -3.06. The van der Waals surface area contributed by atoms with Crippen LogP contribution in [0.25, 0.3) is 0 Å². The lowest BCUT2D eigenvalue weighted by Gasteiger charge is -2.29. The molecule has 0 aliphatic carbocycles. The molecule has 3 heterocycles. The van der Waals surface area contributed by atoms with Crippen molar-refractivity contribution in [3.05, 3.63) is 34.9 Å². The average molecular weight is 401 g/mol. The van der Waals surface area contributed by atoms with Crippen LogP contribution in [0.5, 0.6) is 0 Å². The van der Waals surface area contributed by atoms with E-state index in [9.17, 15) is 14.4 Å². The molecule has 3 amide bonds. The van der Waals surface area contributed by atoms with Crippen LogP contribution in [0, 0.1) is 29.0 Å². The largest absolute Gasteiger partial charge is 0.322 e. The van der Waals surface area contributed by atoms with Crippen LogP contribution in [0.15, 0.2) is 18.2 Å². The van der Waals surface area contributed by atoms with E-state index in [1.807, 2.05) is 12.1 Å². The fourth-order valence-electron chi connectivity index (χ4n) is 4.72. The molecule has 2 saturated heterocycles. The standard InChI is InChI=1S/C23H24BN3O3/c25-15-24-12-10-16(11-13-24)4-1-2-5-17-6-3-7-18-19(17)14-27(23(18)30)20-8-9-21(28)26-22(20)29/h3,6-7,16,20H,1,4,8-14H2,(H,26,28,29). The molecule has 1 atom stereocenters. The quantitative estimate of drug-likeness (QED) is 0.479. The maximum Gasteiger partial charge on any atom is 0.267 e. The van der Waals surface area contributed by atoms with Gasteiger partial charge in [0.2, 0.25) is 11.8 Å². The first-order valence-electron chi connectivity index (χ1n) is 10.7. The number of fused-ring (bicyclic) bond motifs is 1. The van der Waals surface area contributed by atoms with Crippen LogP contribution in [0.1, 0.15) is 60.0 Å². The Morgan fingerprint density at radius 2 is 1.97 bits per heavy atom. The van der Waals surface area contributed by atoms with Gasteiger partial charge in [-0.1, -0.05) is 43.4 Å². The molecule has 152 valence electrons. The second kappa shape index (κ2) is 8.75. The minimum absolute atomic E-state index is 0.169. The first kappa shape index (κ1) is 20.2. The van der Waals surface area contributed by atoms with Crippen LogP contribution in [0.2, 0.25) is 12.6 Å². The molecule has 1 aromatic carbocycles. The molecule has 30 heavy (non-hydrogen) atoms. The van der Waals surface area contributed by atoms with Crippen LogP contribution >= 0.6 is 0 Å². The van der Waals surface area contributed by atoms with Gasteiger partial charge in [0.1, 0.15) is 6.04 Å². The lowest BCUT2D eigenvalue weighted by Crippen LogP contribution is -2.52. The summed E-state index contributed by atoms with van der Waals surface area (Å²) >= 11 is 0. The van der Waals surface area contributed by atoms with Gasteiger partial charge in [0.25, 0.3) is 12.6 Å². The van der Waals surface area contributed by atoms with E-state index in [1.54, 1.807) is 11.0 Å². The van der Waals surface area contributed by atoms with Crippen molar-refractivity contribution in [1.82, 2.24) is 10.2 Å². The normalized spacial score (nSPS) is 21.6. The fraction of sp³-hybridized carbons (Fsp3) is 0.478. The van der Waals surface area contributed by atoms with Crippen LogP contribution in [0.3, 0.4) is 0 Å². The molecule has 0 aromatic heterocycles. The molecule has 0 radical (unpaired) electrons. The van der Waals surface area contributed by atoms with Crippen LogP contribution < -0.4 is 5.32 Å². The molecule has 6 nitrogen and oxygen atoms in total. The van der Waals surface area contributed by atoms with Crippen molar-refractivity contribution in [3.8, 4) is 17.8 Å². The Balaban J connectivity index is 1.40.